The van der Waals surface area contributed by atoms with Gasteiger partial charge in [0.2, 0.25) is 0 Å². The minimum atomic E-state index is -0.437. The van der Waals surface area contributed by atoms with Crippen molar-refractivity contribution >= 4 is 29.1 Å². The third kappa shape index (κ3) is 6.15. The van der Waals surface area contributed by atoms with Crippen molar-refractivity contribution in [1.82, 2.24) is 16.2 Å². The lowest BCUT2D eigenvalue weighted by molar-refractivity contribution is -0.123. The summed E-state index contributed by atoms with van der Waals surface area (Å²) in [5.41, 5.74) is 7.47. The molecule has 7 heteroatoms. The smallest absolute Gasteiger partial charge is 0.276 e. The summed E-state index contributed by atoms with van der Waals surface area (Å²) in [7, 11) is 0. The minimum Gasteiger partial charge on any atom is -0.484 e. The maximum absolute atomic E-state index is 12.0. The molecule has 0 aromatic heterocycles. The number of ether oxygens (including phenoxy) is 1. The summed E-state index contributed by atoms with van der Waals surface area (Å²) in [6.07, 6.45) is 0. The van der Waals surface area contributed by atoms with Crippen LogP contribution in [0.1, 0.15) is 10.4 Å². The maximum Gasteiger partial charge on any atom is 0.276 e. The van der Waals surface area contributed by atoms with Gasteiger partial charge in [-0.15, -0.1) is 0 Å². The lowest BCUT2D eigenvalue weighted by Crippen LogP contribution is -2.49. The number of thiocarbonyl (C=S) groups is 1. The fourth-order valence-corrected chi connectivity index (χ4v) is 2.63. The largest absolute Gasteiger partial charge is 0.484 e. The SMILES string of the molecule is O=C(COc1ccc(-c2ccccc2)cc1)NNC(=S)NC(=O)c1ccccc1. The van der Waals surface area contributed by atoms with Crippen molar-refractivity contribution in [2.75, 3.05) is 6.61 Å². The van der Waals surface area contributed by atoms with Gasteiger partial charge in [-0.1, -0.05) is 60.7 Å². The maximum atomic E-state index is 12.0. The number of hydrazine groups is 1. The first-order valence-electron chi connectivity index (χ1n) is 8.85. The molecule has 0 spiro atoms. The van der Waals surface area contributed by atoms with E-state index in [0.717, 1.165) is 11.1 Å². The Balaban J connectivity index is 1.40. The Morgan fingerprint density at radius 3 is 2.00 bits per heavy atom. The number of nitrogens with one attached hydrogen (secondary N) is 3. The van der Waals surface area contributed by atoms with Crippen LogP contribution in [0.2, 0.25) is 0 Å². The Kier molecular flexibility index (Phi) is 6.91. The topological polar surface area (TPSA) is 79.5 Å². The first kappa shape index (κ1) is 20.0. The third-order valence-corrected chi connectivity index (χ3v) is 4.11. The van der Waals surface area contributed by atoms with Crippen molar-refractivity contribution < 1.29 is 14.3 Å². The van der Waals surface area contributed by atoms with E-state index in [-0.39, 0.29) is 17.6 Å². The van der Waals surface area contributed by atoms with Crippen LogP contribution in [0.15, 0.2) is 84.9 Å². The van der Waals surface area contributed by atoms with E-state index in [1.165, 1.54) is 0 Å². The molecule has 2 amide bonds. The highest BCUT2D eigenvalue weighted by Gasteiger charge is 2.08. The summed E-state index contributed by atoms with van der Waals surface area (Å²) in [6, 6.07) is 26.0. The molecule has 3 N–H and O–H groups in total. The predicted molar refractivity (Wildman–Crippen MR) is 115 cm³/mol. The van der Waals surface area contributed by atoms with Crippen LogP contribution in [-0.2, 0) is 4.79 Å². The average Bonchev–Trinajstić information content (AvgIpc) is 2.78. The molecule has 0 atom stereocenters. The second kappa shape index (κ2) is 10.0. The Bertz CT molecular complexity index is 977. The molecule has 0 aliphatic rings. The zero-order valence-corrected chi connectivity index (χ0v) is 16.2. The van der Waals surface area contributed by atoms with Crippen LogP contribution in [0.25, 0.3) is 11.1 Å². The van der Waals surface area contributed by atoms with E-state index in [9.17, 15) is 9.59 Å². The number of hydrogen-bond donors (Lipinski definition) is 3. The monoisotopic (exact) mass is 405 g/mol. The molecule has 3 rings (SSSR count). The quantitative estimate of drug-likeness (QED) is 0.449. The van der Waals surface area contributed by atoms with Crippen molar-refractivity contribution in [3.05, 3.63) is 90.5 Å². The molecule has 0 aliphatic carbocycles. The summed E-state index contributed by atoms with van der Waals surface area (Å²) in [6.45, 7) is -0.201. The summed E-state index contributed by atoms with van der Waals surface area (Å²) in [5, 5.41) is 2.46. The van der Waals surface area contributed by atoms with Crippen LogP contribution in [0.4, 0.5) is 0 Å². The molecule has 29 heavy (non-hydrogen) atoms. The normalized spacial score (nSPS) is 9.93. The van der Waals surface area contributed by atoms with E-state index >= 15 is 0 Å². The Morgan fingerprint density at radius 1 is 0.759 bits per heavy atom. The fraction of sp³-hybridized carbons (Fsp3) is 0.0455. The van der Waals surface area contributed by atoms with Crippen molar-refractivity contribution in [3.8, 4) is 16.9 Å². The van der Waals surface area contributed by atoms with Crippen LogP contribution in [0.3, 0.4) is 0 Å². The van der Waals surface area contributed by atoms with Gasteiger partial charge in [0.1, 0.15) is 5.75 Å². The molecule has 0 bridgehead atoms. The van der Waals surface area contributed by atoms with E-state index < -0.39 is 5.91 Å². The number of carbonyl (C=O) groups excluding carboxylic acids is 2. The summed E-state index contributed by atoms with van der Waals surface area (Å²) >= 11 is 4.99. The highest BCUT2D eigenvalue weighted by molar-refractivity contribution is 7.80. The molecule has 3 aromatic carbocycles. The van der Waals surface area contributed by atoms with E-state index in [2.05, 4.69) is 16.2 Å². The summed E-state index contributed by atoms with van der Waals surface area (Å²) in [4.78, 5) is 23.9. The van der Waals surface area contributed by atoms with Crippen LogP contribution in [0, 0.1) is 0 Å². The highest BCUT2D eigenvalue weighted by atomic mass is 32.1. The van der Waals surface area contributed by atoms with E-state index in [0.29, 0.717) is 11.3 Å². The average molecular weight is 405 g/mol. The molecular weight excluding hydrogens is 386 g/mol. The molecule has 0 fully saturated rings. The standard InChI is InChI=1S/C22H19N3O3S/c26-20(24-25-22(29)23-21(27)18-9-5-2-6-10-18)15-28-19-13-11-17(12-14-19)16-7-3-1-4-8-16/h1-14H,15H2,(H,24,26)(H2,23,25,27,29). The predicted octanol–water partition coefficient (Wildman–Crippen LogP) is 3.07. The molecule has 0 aliphatic heterocycles. The van der Waals surface area contributed by atoms with Gasteiger partial charge < -0.3 is 4.74 Å². The van der Waals surface area contributed by atoms with Crippen molar-refractivity contribution in [3.63, 3.8) is 0 Å². The number of carbonyl (C=O) groups is 2. The van der Waals surface area contributed by atoms with Gasteiger partial charge >= 0.3 is 0 Å². The van der Waals surface area contributed by atoms with Gasteiger partial charge in [-0.25, -0.2) is 0 Å². The number of hydrogen-bond acceptors (Lipinski definition) is 4. The first-order valence-corrected chi connectivity index (χ1v) is 9.26. The molecule has 146 valence electrons. The molecule has 0 radical (unpaired) electrons. The van der Waals surface area contributed by atoms with Crippen LogP contribution >= 0.6 is 12.2 Å². The molecule has 0 heterocycles. The lowest BCUT2D eigenvalue weighted by Gasteiger charge is -2.11. The van der Waals surface area contributed by atoms with Gasteiger partial charge in [-0.2, -0.15) is 0 Å². The van der Waals surface area contributed by atoms with Crippen molar-refractivity contribution in [2.24, 2.45) is 0 Å². The lowest BCUT2D eigenvalue weighted by atomic mass is 10.1. The second-order valence-corrected chi connectivity index (χ2v) is 6.41. The zero-order chi connectivity index (χ0) is 20.5. The Labute approximate surface area is 173 Å². The molecule has 0 saturated carbocycles. The second-order valence-electron chi connectivity index (χ2n) is 6.00. The Hall–Kier alpha value is -3.71. The zero-order valence-electron chi connectivity index (χ0n) is 15.4. The molecular formula is C22H19N3O3S. The minimum absolute atomic E-state index is 0.0144. The van der Waals surface area contributed by atoms with E-state index in [1.54, 1.807) is 36.4 Å². The molecule has 3 aromatic rings. The number of amides is 2. The Morgan fingerprint density at radius 2 is 1.34 bits per heavy atom. The van der Waals surface area contributed by atoms with E-state index in [1.807, 2.05) is 48.5 Å². The van der Waals surface area contributed by atoms with Gasteiger partial charge in [-0.3, -0.25) is 25.8 Å². The van der Waals surface area contributed by atoms with Gasteiger partial charge in [0.15, 0.2) is 11.7 Å². The number of benzene rings is 3. The van der Waals surface area contributed by atoms with Gasteiger partial charge in [0.05, 0.1) is 0 Å². The molecule has 0 saturated heterocycles. The van der Waals surface area contributed by atoms with E-state index in [4.69, 9.17) is 17.0 Å². The van der Waals surface area contributed by atoms with Crippen LogP contribution in [-0.4, -0.2) is 23.5 Å². The summed E-state index contributed by atoms with van der Waals surface area (Å²) < 4.78 is 5.46. The van der Waals surface area contributed by atoms with Gasteiger partial charge in [0.25, 0.3) is 11.8 Å². The van der Waals surface area contributed by atoms with Crippen LogP contribution < -0.4 is 20.9 Å². The van der Waals surface area contributed by atoms with Crippen molar-refractivity contribution in [2.45, 2.75) is 0 Å². The van der Waals surface area contributed by atoms with Gasteiger partial charge in [-0.05, 0) is 47.6 Å². The van der Waals surface area contributed by atoms with Gasteiger partial charge in [0, 0.05) is 5.56 Å². The van der Waals surface area contributed by atoms with Crippen molar-refractivity contribution in [1.29, 1.82) is 0 Å². The summed E-state index contributed by atoms with van der Waals surface area (Å²) in [5.74, 6) is -0.236. The molecule has 6 nitrogen and oxygen atoms in total. The van der Waals surface area contributed by atoms with Crippen LogP contribution in [0.5, 0.6) is 5.75 Å². The third-order valence-electron chi connectivity index (χ3n) is 3.91. The highest BCUT2D eigenvalue weighted by Crippen LogP contribution is 2.21. The first-order chi connectivity index (χ1) is 14.1. The molecule has 0 unspecified atom stereocenters. The number of rotatable bonds is 5. The fourth-order valence-electron chi connectivity index (χ4n) is 2.48.